The molecule has 19 heavy (non-hydrogen) atoms. The number of likely N-dealkylation sites (N-methyl/N-ethyl adjacent to an activating group) is 1. The molecule has 1 heterocycles. The molecule has 5 heteroatoms. The summed E-state index contributed by atoms with van der Waals surface area (Å²) in [5, 5.41) is 3.53. The Morgan fingerprint density at radius 3 is 2.53 bits per heavy atom. The minimum atomic E-state index is 0.404. The number of nitrogens with one attached hydrogen (secondary N) is 1. The van der Waals surface area contributed by atoms with Crippen LogP contribution in [-0.2, 0) is 6.42 Å². The molecule has 0 aliphatic heterocycles. The van der Waals surface area contributed by atoms with E-state index in [1.807, 2.05) is 6.07 Å². The standard InChI is InChI=1S/C14H25BrN4/c1-6-13-17-12(15)8-14(18-13)16-11(7-10(2)3)9-19(4)5/h8,10-11H,6-7,9H2,1-5H3,(H,16,17,18). The lowest BCUT2D eigenvalue weighted by Crippen LogP contribution is -2.33. The lowest BCUT2D eigenvalue weighted by Gasteiger charge is -2.24. The summed E-state index contributed by atoms with van der Waals surface area (Å²) in [4.78, 5) is 11.1. The fourth-order valence-corrected chi connectivity index (χ4v) is 2.52. The van der Waals surface area contributed by atoms with Crippen LogP contribution >= 0.6 is 15.9 Å². The van der Waals surface area contributed by atoms with E-state index in [9.17, 15) is 0 Å². The van der Waals surface area contributed by atoms with Gasteiger partial charge in [0.2, 0.25) is 0 Å². The van der Waals surface area contributed by atoms with Gasteiger partial charge in [0.05, 0.1) is 0 Å². The number of hydrogen-bond acceptors (Lipinski definition) is 4. The van der Waals surface area contributed by atoms with Crippen molar-refractivity contribution in [3.8, 4) is 0 Å². The van der Waals surface area contributed by atoms with Gasteiger partial charge < -0.3 is 10.2 Å². The molecule has 0 saturated heterocycles. The summed E-state index contributed by atoms with van der Waals surface area (Å²) in [5.74, 6) is 2.43. The van der Waals surface area contributed by atoms with Gasteiger partial charge >= 0.3 is 0 Å². The molecule has 0 radical (unpaired) electrons. The minimum Gasteiger partial charge on any atom is -0.366 e. The number of hydrogen-bond donors (Lipinski definition) is 1. The van der Waals surface area contributed by atoms with Crippen molar-refractivity contribution in [2.75, 3.05) is 26.0 Å². The van der Waals surface area contributed by atoms with Gasteiger partial charge in [0.15, 0.2) is 0 Å². The molecular weight excluding hydrogens is 304 g/mol. The third-order valence-electron chi connectivity index (χ3n) is 2.75. The van der Waals surface area contributed by atoms with E-state index in [2.05, 4.69) is 71.0 Å². The summed E-state index contributed by atoms with van der Waals surface area (Å²) < 4.78 is 0.843. The zero-order chi connectivity index (χ0) is 14.4. The third kappa shape index (κ3) is 6.34. The molecule has 108 valence electrons. The van der Waals surface area contributed by atoms with Gasteiger partial charge in [-0.25, -0.2) is 9.97 Å². The van der Waals surface area contributed by atoms with Gasteiger partial charge in [-0.3, -0.25) is 0 Å². The number of anilines is 1. The molecule has 1 rings (SSSR count). The molecule has 0 bridgehead atoms. The highest BCUT2D eigenvalue weighted by atomic mass is 79.9. The smallest absolute Gasteiger partial charge is 0.131 e. The Morgan fingerprint density at radius 1 is 1.32 bits per heavy atom. The van der Waals surface area contributed by atoms with Crippen molar-refractivity contribution in [1.29, 1.82) is 0 Å². The van der Waals surface area contributed by atoms with E-state index in [0.29, 0.717) is 12.0 Å². The maximum absolute atomic E-state index is 4.54. The average Bonchev–Trinajstić information content (AvgIpc) is 2.26. The first-order valence-electron chi connectivity index (χ1n) is 6.85. The van der Waals surface area contributed by atoms with Crippen molar-refractivity contribution in [2.45, 2.75) is 39.7 Å². The highest BCUT2D eigenvalue weighted by molar-refractivity contribution is 9.10. The fourth-order valence-electron chi connectivity index (χ4n) is 2.09. The second kappa shape index (κ2) is 7.80. The molecule has 0 amide bonds. The highest BCUT2D eigenvalue weighted by Gasteiger charge is 2.13. The van der Waals surface area contributed by atoms with E-state index in [1.54, 1.807) is 0 Å². The lowest BCUT2D eigenvalue weighted by atomic mass is 10.0. The third-order valence-corrected chi connectivity index (χ3v) is 3.16. The molecule has 0 spiro atoms. The Kier molecular flexibility index (Phi) is 6.72. The number of nitrogens with zero attached hydrogens (tertiary/aromatic N) is 3. The Morgan fingerprint density at radius 2 is 2.00 bits per heavy atom. The number of halogens is 1. The predicted octanol–water partition coefficient (Wildman–Crippen LogP) is 3.19. The molecule has 1 atom stereocenters. The van der Waals surface area contributed by atoms with Gasteiger partial charge in [0.1, 0.15) is 16.2 Å². The van der Waals surface area contributed by atoms with Gasteiger partial charge in [-0.2, -0.15) is 0 Å². The van der Waals surface area contributed by atoms with Gasteiger partial charge in [0, 0.05) is 25.1 Å². The first-order chi connectivity index (χ1) is 8.90. The summed E-state index contributed by atoms with van der Waals surface area (Å²) in [6.45, 7) is 7.56. The zero-order valence-corrected chi connectivity index (χ0v) is 14.2. The number of aromatic nitrogens is 2. The monoisotopic (exact) mass is 328 g/mol. The fraction of sp³-hybridized carbons (Fsp3) is 0.714. The topological polar surface area (TPSA) is 41.1 Å². The molecule has 1 aromatic heterocycles. The van der Waals surface area contributed by atoms with Crippen LogP contribution < -0.4 is 5.32 Å². The predicted molar refractivity (Wildman–Crippen MR) is 84.5 cm³/mol. The number of aryl methyl sites for hydroxylation is 1. The quantitative estimate of drug-likeness (QED) is 0.780. The van der Waals surface area contributed by atoms with Crippen LogP contribution in [0, 0.1) is 5.92 Å². The Hall–Kier alpha value is -0.680. The van der Waals surface area contributed by atoms with Crippen molar-refractivity contribution in [2.24, 2.45) is 5.92 Å². The maximum atomic E-state index is 4.54. The molecule has 4 nitrogen and oxygen atoms in total. The largest absolute Gasteiger partial charge is 0.366 e. The summed E-state index contributed by atoms with van der Waals surface area (Å²) >= 11 is 3.44. The van der Waals surface area contributed by atoms with E-state index >= 15 is 0 Å². The van der Waals surface area contributed by atoms with Crippen molar-refractivity contribution < 1.29 is 0 Å². The maximum Gasteiger partial charge on any atom is 0.131 e. The molecule has 0 aromatic carbocycles. The van der Waals surface area contributed by atoms with Crippen LogP contribution in [0.2, 0.25) is 0 Å². The molecule has 0 fully saturated rings. The van der Waals surface area contributed by atoms with E-state index in [4.69, 9.17) is 0 Å². The SMILES string of the molecule is CCc1nc(Br)cc(NC(CC(C)C)CN(C)C)n1. The Labute approximate surface area is 125 Å². The van der Waals surface area contributed by atoms with Crippen molar-refractivity contribution in [3.63, 3.8) is 0 Å². The van der Waals surface area contributed by atoms with Gasteiger partial charge in [-0.1, -0.05) is 20.8 Å². The van der Waals surface area contributed by atoms with Crippen molar-refractivity contribution in [3.05, 3.63) is 16.5 Å². The summed E-state index contributed by atoms with van der Waals surface area (Å²) in [5.41, 5.74) is 0. The summed E-state index contributed by atoms with van der Waals surface area (Å²) in [6.07, 6.45) is 1.97. The molecule has 0 aliphatic carbocycles. The molecule has 1 N–H and O–H groups in total. The van der Waals surface area contributed by atoms with Crippen LogP contribution in [0.5, 0.6) is 0 Å². The molecule has 0 saturated carbocycles. The van der Waals surface area contributed by atoms with Gasteiger partial charge in [-0.15, -0.1) is 0 Å². The molecule has 1 aromatic rings. The average molecular weight is 329 g/mol. The van der Waals surface area contributed by atoms with Crippen LogP contribution in [-0.4, -0.2) is 41.5 Å². The summed E-state index contributed by atoms with van der Waals surface area (Å²) in [7, 11) is 4.20. The molecule has 1 unspecified atom stereocenters. The first-order valence-corrected chi connectivity index (χ1v) is 7.64. The zero-order valence-electron chi connectivity index (χ0n) is 12.6. The lowest BCUT2D eigenvalue weighted by molar-refractivity contribution is 0.356. The molecule has 0 aliphatic rings. The highest BCUT2D eigenvalue weighted by Crippen LogP contribution is 2.16. The normalized spacial score (nSPS) is 13.1. The van der Waals surface area contributed by atoms with E-state index in [0.717, 1.165) is 35.6 Å². The first kappa shape index (κ1) is 16.4. The Balaban J connectivity index is 2.79. The second-order valence-corrected chi connectivity index (χ2v) is 6.39. The second-order valence-electron chi connectivity index (χ2n) is 5.58. The van der Waals surface area contributed by atoms with Crippen LogP contribution in [0.4, 0.5) is 5.82 Å². The van der Waals surface area contributed by atoms with Crippen LogP contribution in [0.3, 0.4) is 0 Å². The van der Waals surface area contributed by atoms with Gasteiger partial charge in [0.25, 0.3) is 0 Å². The van der Waals surface area contributed by atoms with E-state index in [1.165, 1.54) is 0 Å². The van der Waals surface area contributed by atoms with E-state index < -0.39 is 0 Å². The van der Waals surface area contributed by atoms with Crippen LogP contribution in [0.1, 0.15) is 33.0 Å². The minimum absolute atomic E-state index is 0.404. The Bertz CT molecular complexity index is 383. The van der Waals surface area contributed by atoms with Gasteiger partial charge in [-0.05, 0) is 42.4 Å². The van der Waals surface area contributed by atoms with Crippen LogP contribution in [0.15, 0.2) is 10.7 Å². The van der Waals surface area contributed by atoms with Crippen LogP contribution in [0.25, 0.3) is 0 Å². The van der Waals surface area contributed by atoms with Crippen molar-refractivity contribution in [1.82, 2.24) is 14.9 Å². The van der Waals surface area contributed by atoms with E-state index in [-0.39, 0.29) is 0 Å². The summed E-state index contributed by atoms with van der Waals surface area (Å²) in [6, 6.07) is 2.35. The van der Waals surface area contributed by atoms with Crippen molar-refractivity contribution >= 4 is 21.7 Å². The molecular formula is C14H25BrN4. The number of rotatable bonds is 7.